The van der Waals surface area contributed by atoms with Crippen LogP contribution in [0.25, 0.3) is 0 Å². The summed E-state index contributed by atoms with van der Waals surface area (Å²) in [5.74, 6) is 2.01. The monoisotopic (exact) mass is 261 g/mol. The van der Waals surface area contributed by atoms with Gasteiger partial charge in [-0.1, -0.05) is 6.42 Å². The Kier molecular flexibility index (Phi) is 3.36. The number of nitrogens with zero attached hydrogens (tertiary/aromatic N) is 3. The minimum Gasteiger partial charge on any atom is -0.462 e. The van der Waals surface area contributed by atoms with Crippen LogP contribution in [0.2, 0.25) is 0 Å². The van der Waals surface area contributed by atoms with E-state index in [1.807, 2.05) is 0 Å². The summed E-state index contributed by atoms with van der Waals surface area (Å²) in [6, 6.07) is 0. The summed E-state index contributed by atoms with van der Waals surface area (Å²) in [7, 11) is 0. The van der Waals surface area contributed by atoms with Crippen LogP contribution in [-0.4, -0.2) is 35.6 Å². The van der Waals surface area contributed by atoms with Crippen molar-refractivity contribution in [3.8, 4) is 0 Å². The predicted octanol–water partition coefficient (Wildman–Crippen LogP) is 1.89. The molecule has 1 aromatic rings. The molecule has 0 N–H and O–H groups in total. The van der Waals surface area contributed by atoms with Gasteiger partial charge in [-0.2, -0.15) is 0 Å². The second kappa shape index (κ2) is 5.15. The molecule has 0 bridgehead atoms. The molecule has 0 spiro atoms. The van der Waals surface area contributed by atoms with E-state index >= 15 is 0 Å². The number of anilines is 1. The van der Waals surface area contributed by atoms with Crippen LogP contribution in [0.1, 0.15) is 36.5 Å². The topological polar surface area (TPSA) is 55.3 Å². The number of hydrogen-bond acceptors (Lipinski definition) is 5. The van der Waals surface area contributed by atoms with Crippen molar-refractivity contribution in [2.75, 3.05) is 24.6 Å². The van der Waals surface area contributed by atoms with E-state index in [2.05, 4.69) is 14.9 Å². The lowest BCUT2D eigenvalue weighted by atomic mass is 10.0. The minimum absolute atomic E-state index is 0.354. The highest BCUT2D eigenvalue weighted by Crippen LogP contribution is 2.38. The maximum atomic E-state index is 11.5. The lowest BCUT2D eigenvalue weighted by molar-refractivity contribution is 0.0525. The zero-order valence-electron chi connectivity index (χ0n) is 11.2. The van der Waals surface area contributed by atoms with Crippen molar-refractivity contribution in [2.45, 2.75) is 26.2 Å². The zero-order chi connectivity index (χ0) is 13.2. The quantitative estimate of drug-likeness (QED) is 0.778. The third-order valence-electron chi connectivity index (χ3n) is 4.16. The Morgan fingerprint density at radius 2 is 1.95 bits per heavy atom. The molecule has 2 fully saturated rings. The number of esters is 1. The van der Waals surface area contributed by atoms with Gasteiger partial charge in [0, 0.05) is 25.5 Å². The molecular weight excluding hydrogens is 242 g/mol. The van der Waals surface area contributed by atoms with E-state index in [9.17, 15) is 4.79 Å². The second-order valence-electron chi connectivity index (χ2n) is 5.35. The summed E-state index contributed by atoms with van der Waals surface area (Å²) in [5, 5.41) is 0. The van der Waals surface area contributed by atoms with E-state index in [1.54, 1.807) is 19.3 Å². The Balaban J connectivity index is 1.68. The molecule has 19 heavy (non-hydrogen) atoms. The van der Waals surface area contributed by atoms with Gasteiger partial charge in [0.2, 0.25) is 5.95 Å². The van der Waals surface area contributed by atoms with Crippen LogP contribution in [0.3, 0.4) is 0 Å². The number of aromatic nitrogens is 2. The molecule has 2 unspecified atom stereocenters. The first-order valence-corrected chi connectivity index (χ1v) is 7.02. The molecule has 5 heteroatoms. The summed E-state index contributed by atoms with van der Waals surface area (Å²) < 4.78 is 4.92. The third kappa shape index (κ3) is 2.41. The first-order valence-electron chi connectivity index (χ1n) is 7.02. The van der Waals surface area contributed by atoms with Gasteiger partial charge < -0.3 is 9.64 Å². The number of hydrogen-bond donors (Lipinski definition) is 0. The van der Waals surface area contributed by atoms with Crippen LogP contribution in [0.5, 0.6) is 0 Å². The van der Waals surface area contributed by atoms with Gasteiger partial charge in [-0.05, 0) is 31.6 Å². The molecule has 2 aliphatic rings. The maximum Gasteiger partial charge on any atom is 0.341 e. The standard InChI is InChI=1S/C14H19N3O2/c1-2-19-13(18)12-6-15-14(16-7-12)17-8-10-4-3-5-11(10)9-17/h6-7,10-11H,2-5,8-9H2,1H3. The average molecular weight is 261 g/mol. The van der Waals surface area contributed by atoms with Gasteiger partial charge in [0.05, 0.1) is 12.2 Å². The maximum absolute atomic E-state index is 11.5. The van der Waals surface area contributed by atoms with Gasteiger partial charge in [0.1, 0.15) is 0 Å². The van der Waals surface area contributed by atoms with E-state index in [0.717, 1.165) is 30.9 Å². The van der Waals surface area contributed by atoms with Crippen LogP contribution < -0.4 is 4.90 Å². The van der Waals surface area contributed by atoms with E-state index < -0.39 is 0 Å². The van der Waals surface area contributed by atoms with Gasteiger partial charge in [-0.3, -0.25) is 0 Å². The fraction of sp³-hybridized carbons (Fsp3) is 0.643. The molecule has 1 aliphatic carbocycles. The normalized spacial score (nSPS) is 25.4. The lowest BCUT2D eigenvalue weighted by Gasteiger charge is -2.16. The lowest BCUT2D eigenvalue weighted by Crippen LogP contribution is -2.23. The first-order chi connectivity index (χ1) is 9.28. The fourth-order valence-corrected chi connectivity index (χ4v) is 3.20. The largest absolute Gasteiger partial charge is 0.462 e. The number of carbonyl (C=O) groups is 1. The van der Waals surface area contributed by atoms with E-state index in [4.69, 9.17) is 4.74 Å². The smallest absolute Gasteiger partial charge is 0.341 e. The number of rotatable bonds is 3. The summed E-state index contributed by atoms with van der Waals surface area (Å²) in [4.78, 5) is 22.4. The van der Waals surface area contributed by atoms with Crippen molar-refractivity contribution in [3.05, 3.63) is 18.0 Å². The van der Waals surface area contributed by atoms with E-state index in [-0.39, 0.29) is 5.97 Å². The highest BCUT2D eigenvalue weighted by atomic mass is 16.5. The highest BCUT2D eigenvalue weighted by Gasteiger charge is 2.36. The van der Waals surface area contributed by atoms with Gasteiger partial charge >= 0.3 is 5.97 Å². The molecular formula is C14H19N3O2. The summed E-state index contributed by atoms with van der Waals surface area (Å²) >= 11 is 0. The molecule has 102 valence electrons. The summed E-state index contributed by atoms with van der Waals surface area (Å²) in [5.41, 5.74) is 0.421. The third-order valence-corrected chi connectivity index (χ3v) is 4.16. The van der Waals surface area contributed by atoms with Crippen molar-refractivity contribution in [2.24, 2.45) is 11.8 Å². The van der Waals surface area contributed by atoms with Crippen LogP contribution >= 0.6 is 0 Å². The van der Waals surface area contributed by atoms with E-state index in [1.165, 1.54) is 19.3 Å². The number of carbonyl (C=O) groups excluding carboxylic acids is 1. The second-order valence-corrected chi connectivity index (χ2v) is 5.35. The molecule has 2 heterocycles. The SMILES string of the molecule is CCOC(=O)c1cnc(N2CC3CCCC3C2)nc1. The molecule has 1 saturated carbocycles. The van der Waals surface area contributed by atoms with Crippen LogP contribution in [0, 0.1) is 11.8 Å². The molecule has 0 radical (unpaired) electrons. The van der Waals surface area contributed by atoms with Crippen molar-refractivity contribution in [3.63, 3.8) is 0 Å². The molecule has 1 aromatic heterocycles. The fourth-order valence-electron chi connectivity index (χ4n) is 3.20. The summed E-state index contributed by atoms with van der Waals surface area (Å²) in [6.07, 6.45) is 7.17. The Hall–Kier alpha value is -1.65. The zero-order valence-corrected chi connectivity index (χ0v) is 11.2. The van der Waals surface area contributed by atoms with Gasteiger partial charge in [-0.15, -0.1) is 0 Å². The van der Waals surface area contributed by atoms with Crippen LogP contribution in [-0.2, 0) is 4.74 Å². The first kappa shape index (κ1) is 12.4. The highest BCUT2D eigenvalue weighted by molar-refractivity contribution is 5.88. The van der Waals surface area contributed by atoms with Crippen LogP contribution in [0.15, 0.2) is 12.4 Å². The number of fused-ring (bicyclic) bond motifs is 1. The van der Waals surface area contributed by atoms with Crippen LogP contribution in [0.4, 0.5) is 5.95 Å². The van der Waals surface area contributed by atoms with Gasteiger partial charge in [0.25, 0.3) is 0 Å². The van der Waals surface area contributed by atoms with Gasteiger partial charge in [-0.25, -0.2) is 14.8 Å². The van der Waals surface area contributed by atoms with Gasteiger partial charge in [0.15, 0.2) is 0 Å². The molecule has 0 aromatic carbocycles. The number of ether oxygens (including phenoxy) is 1. The molecule has 1 aliphatic heterocycles. The molecule has 0 amide bonds. The van der Waals surface area contributed by atoms with Crippen molar-refractivity contribution in [1.29, 1.82) is 0 Å². The minimum atomic E-state index is -0.354. The molecule has 5 nitrogen and oxygen atoms in total. The van der Waals surface area contributed by atoms with Crippen molar-refractivity contribution in [1.82, 2.24) is 9.97 Å². The van der Waals surface area contributed by atoms with Crippen molar-refractivity contribution >= 4 is 11.9 Å². The molecule has 2 atom stereocenters. The van der Waals surface area contributed by atoms with E-state index in [0.29, 0.717) is 12.2 Å². The predicted molar refractivity (Wildman–Crippen MR) is 71.0 cm³/mol. The molecule has 1 saturated heterocycles. The van der Waals surface area contributed by atoms with Crippen molar-refractivity contribution < 1.29 is 9.53 Å². The Morgan fingerprint density at radius 3 is 2.53 bits per heavy atom. The Bertz CT molecular complexity index is 448. The summed E-state index contributed by atoms with van der Waals surface area (Å²) in [6.45, 7) is 4.28. The Labute approximate surface area is 113 Å². The molecule has 3 rings (SSSR count). The average Bonchev–Trinajstić information content (AvgIpc) is 3.00. The Morgan fingerprint density at radius 1 is 1.32 bits per heavy atom.